The first kappa shape index (κ1) is 23.8. The average Bonchev–Trinajstić information content (AvgIpc) is 3.09. The molecule has 1 saturated heterocycles. The molecule has 2 aliphatic rings. The summed E-state index contributed by atoms with van der Waals surface area (Å²) >= 11 is 14.2. The first-order chi connectivity index (χ1) is 13.7. The van der Waals surface area contributed by atoms with E-state index in [0.29, 0.717) is 5.02 Å². The van der Waals surface area contributed by atoms with Crippen molar-refractivity contribution in [1.82, 2.24) is 14.9 Å². The molecule has 0 saturated carbocycles. The zero-order valence-corrected chi connectivity index (χ0v) is 20.4. The number of hydrogen-bond donors (Lipinski definition) is 0. The van der Waals surface area contributed by atoms with Crippen molar-refractivity contribution in [3.63, 3.8) is 0 Å². The third kappa shape index (κ3) is 4.67. The van der Waals surface area contributed by atoms with Crippen LogP contribution in [0.15, 0.2) is 24.5 Å². The van der Waals surface area contributed by atoms with Gasteiger partial charge >= 0.3 is 0 Å². The summed E-state index contributed by atoms with van der Waals surface area (Å²) in [5.74, 6) is 1.13. The quantitative estimate of drug-likeness (QED) is 0.434. The highest BCUT2D eigenvalue weighted by Crippen LogP contribution is 2.39. The lowest BCUT2D eigenvalue weighted by Gasteiger charge is -2.36. The number of halogens is 4. The molecule has 1 fully saturated rings. The number of anilines is 1. The molecular weight excluding hydrogens is 482 g/mol. The van der Waals surface area contributed by atoms with Gasteiger partial charge in [0.05, 0.1) is 5.39 Å². The average molecular weight is 506 g/mol. The van der Waals surface area contributed by atoms with Crippen molar-refractivity contribution in [2.24, 2.45) is 0 Å². The van der Waals surface area contributed by atoms with Crippen LogP contribution in [0.2, 0.25) is 10.0 Å². The van der Waals surface area contributed by atoms with E-state index in [0.717, 1.165) is 54.0 Å². The van der Waals surface area contributed by atoms with Gasteiger partial charge in [0.1, 0.15) is 17.0 Å². The Morgan fingerprint density at radius 1 is 0.967 bits per heavy atom. The molecule has 0 amide bonds. The Kier molecular flexibility index (Phi) is 8.10. The highest BCUT2D eigenvalue weighted by atomic mass is 35.5. The van der Waals surface area contributed by atoms with E-state index in [9.17, 15) is 0 Å². The monoisotopic (exact) mass is 504 g/mol. The SMILES string of the molecule is Cl.Cl.Clc1ccc(CN2CCN(c3ncnc4sc5c(c34)CCCC5)CC2)c(Cl)c1. The van der Waals surface area contributed by atoms with Gasteiger partial charge in [-0.05, 0) is 48.9 Å². The first-order valence-corrected chi connectivity index (χ1v) is 11.4. The Morgan fingerprint density at radius 3 is 2.50 bits per heavy atom. The Balaban J connectivity index is 0.00000128. The fourth-order valence-corrected chi connectivity index (χ4v) is 6.01. The lowest BCUT2D eigenvalue weighted by atomic mass is 9.97. The summed E-state index contributed by atoms with van der Waals surface area (Å²) in [5.41, 5.74) is 2.65. The molecule has 0 radical (unpaired) electrons. The second-order valence-corrected chi connectivity index (χ2v) is 9.51. The second-order valence-electron chi connectivity index (χ2n) is 7.59. The van der Waals surface area contributed by atoms with Crippen LogP contribution in [0.1, 0.15) is 28.8 Å². The van der Waals surface area contributed by atoms with Crippen LogP contribution in [0.4, 0.5) is 5.82 Å². The lowest BCUT2D eigenvalue weighted by molar-refractivity contribution is 0.249. The zero-order chi connectivity index (χ0) is 19.1. The fourth-order valence-electron chi connectivity index (χ4n) is 4.32. The van der Waals surface area contributed by atoms with Gasteiger partial charge in [-0.1, -0.05) is 29.3 Å². The van der Waals surface area contributed by atoms with Crippen molar-refractivity contribution < 1.29 is 0 Å². The van der Waals surface area contributed by atoms with E-state index in [1.54, 1.807) is 6.33 Å². The number of hydrogen-bond acceptors (Lipinski definition) is 5. The molecule has 30 heavy (non-hydrogen) atoms. The highest BCUT2D eigenvalue weighted by Gasteiger charge is 2.25. The number of nitrogens with zero attached hydrogens (tertiary/aromatic N) is 4. The summed E-state index contributed by atoms with van der Waals surface area (Å²) in [4.78, 5) is 16.9. The van der Waals surface area contributed by atoms with E-state index >= 15 is 0 Å². The van der Waals surface area contributed by atoms with E-state index in [4.69, 9.17) is 28.2 Å². The van der Waals surface area contributed by atoms with E-state index in [1.807, 2.05) is 29.5 Å². The molecule has 0 N–H and O–H groups in total. The van der Waals surface area contributed by atoms with Gasteiger partial charge in [-0.25, -0.2) is 9.97 Å². The van der Waals surface area contributed by atoms with Crippen LogP contribution in [-0.2, 0) is 19.4 Å². The van der Waals surface area contributed by atoms with Gasteiger partial charge in [-0.3, -0.25) is 4.90 Å². The van der Waals surface area contributed by atoms with Crippen LogP contribution >= 0.6 is 59.4 Å². The minimum absolute atomic E-state index is 0. The summed E-state index contributed by atoms with van der Waals surface area (Å²) < 4.78 is 0. The molecule has 1 aliphatic carbocycles. The fraction of sp³-hybridized carbons (Fsp3) is 0.429. The maximum absolute atomic E-state index is 6.36. The molecule has 9 heteroatoms. The van der Waals surface area contributed by atoms with E-state index < -0.39 is 0 Å². The molecular formula is C21H24Cl4N4S. The van der Waals surface area contributed by atoms with Crippen LogP contribution in [0, 0.1) is 0 Å². The standard InChI is InChI=1S/C21H22Cl2N4S.2ClH/c22-15-6-5-14(17(23)11-15)12-26-7-9-27(10-8-26)20-19-16-3-1-2-4-18(16)28-21(19)25-13-24-20;;/h5-6,11,13H,1-4,7-10,12H2;2*1H. The Labute approximate surface area is 203 Å². The molecule has 0 unspecified atom stereocenters. The highest BCUT2D eigenvalue weighted by molar-refractivity contribution is 7.19. The first-order valence-electron chi connectivity index (χ1n) is 9.85. The van der Waals surface area contributed by atoms with Crippen molar-refractivity contribution in [2.45, 2.75) is 32.2 Å². The van der Waals surface area contributed by atoms with Gasteiger partial charge in [0, 0.05) is 47.6 Å². The van der Waals surface area contributed by atoms with Crippen LogP contribution in [0.5, 0.6) is 0 Å². The molecule has 5 rings (SSSR count). The van der Waals surface area contributed by atoms with Crippen molar-refractivity contribution >= 4 is 75.4 Å². The normalized spacial score (nSPS) is 16.7. The maximum Gasteiger partial charge on any atom is 0.141 e. The van der Waals surface area contributed by atoms with Crippen molar-refractivity contribution in [1.29, 1.82) is 0 Å². The maximum atomic E-state index is 6.36. The van der Waals surface area contributed by atoms with Crippen molar-refractivity contribution in [2.75, 3.05) is 31.1 Å². The molecule has 0 bridgehead atoms. The molecule has 3 heterocycles. The van der Waals surface area contributed by atoms with Gasteiger partial charge in [-0.15, -0.1) is 36.2 Å². The molecule has 162 valence electrons. The number of fused-ring (bicyclic) bond motifs is 3. The van der Waals surface area contributed by atoms with Crippen LogP contribution in [-0.4, -0.2) is 41.0 Å². The predicted molar refractivity (Wildman–Crippen MR) is 133 cm³/mol. The largest absolute Gasteiger partial charge is 0.353 e. The van der Waals surface area contributed by atoms with Crippen LogP contribution in [0.3, 0.4) is 0 Å². The predicted octanol–water partition coefficient (Wildman–Crippen LogP) is 6.04. The number of benzene rings is 1. The van der Waals surface area contributed by atoms with E-state index in [1.165, 1.54) is 41.5 Å². The number of rotatable bonds is 3. The number of piperazine rings is 1. The van der Waals surface area contributed by atoms with Gasteiger partial charge in [0.2, 0.25) is 0 Å². The number of thiophene rings is 1. The van der Waals surface area contributed by atoms with Gasteiger partial charge in [0.25, 0.3) is 0 Å². The molecule has 1 aliphatic heterocycles. The number of aromatic nitrogens is 2. The Hall–Kier alpha value is -0.820. The summed E-state index contributed by atoms with van der Waals surface area (Å²) in [7, 11) is 0. The van der Waals surface area contributed by atoms with Crippen molar-refractivity contribution in [3.05, 3.63) is 50.6 Å². The molecule has 4 nitrogen and oxygen atoms in total. The third-order valence-corrected chi connectivity index (χ3v) is 7.60. The van der Waals surface area contributed by atoms with Crippen LogP contribution in [0.25, 0.3) is 10.2 Å². The number of aryl methyl sites for hydroxylation is 2. The second kappa shape index (κ2) is 10.2. The third-order valence-electron chi connectivity index (χ3n) is 5.81. The minimum atomic E-state index is 0. The summed E-state index contributed by atoms with van der Waals surface area (Å²) in [6, 6.07) is 5.77. The molecule has 3 aromatic rings. The molecule has 0 atom stereocenters. The van der Waals surface area contributed by atoms with Crippen LogP contribution < -0.4 is 4.90 Å². The van der Waals surface area contributed by atoms with Crippen molar-refractivity contribution in [3.8, 4) is 0 Å². The van der Waals surface area contributed by atoms with Gasteiger partial charge < -0.3 is 4.90 Å². The summed E-state index contributed by atoms with van der Waals surface area (Å²) in [6.45, 7) is 4.80. The van der Waals surface area contributed by atoms with Gasteiger partial charge in [-0.2, -0.15) is 0 Å². The molecule has 1 aromatic carbocycles. The van der Waals surface area contributed by atoms with E-state index in [2.05, 4.69) is 14.8 Å². The lowest BCUT2D eigenvalue weighted by Crippen LogP contribution is -2.46. The molecule has 2 aromatic heterocycles. The van der Waals surface area contributed by atoms with E-state index in [-0.39, 0.29) is 24.8 Å². The smallest absolute Gasteiger partial charge is 0.141 e. The summed E-state index contributed by atoms with van der Waals surface area (Å²) in [6.07, 6.45) is 6.69. The minimum Gasteiger partial charge on any atom is -0.353 e. The Bertz CT molecular complexity index is 1020. The zero-order valence-electron chi connectivity index (χ0n) is 16.4. The topological polar surface area (TPSA) is 32.3 Å². The Morgan fingerprint density at radius 2 is 1.73 bits per heavy atom. The summed E-state index contributed by atoms with van der Waals surface area (Å²) in [5, 5.41) is 2.75. The molecule has 0 spiro atoms. The van der Waals surface area contributed by atoms with Gasteiger partial charge in [0.15, 0.2) is 0 Å².